The van der Waals surface area contributed by atoms with Crippen molar-refractivity contribution in [2.24, 2.45) is 0 Å². The number of thiophene rings is 1. The fourth-order valence-corrected chi connectivity index (χ4v) is 6.30. The van der Waals surface area contributed by atoms with Gasteiger partial charge in [0.1, 0.15) is 6.61 Å². The van der Waals surface area contributed by atoms with Gasteiger partial charge < -0.3 is 24.6 Å². The van der Waals surface area contributed by atoms with Crippen molar-refractivity contribution in [3.8, 4) is 11.5 Å². The molecule has 1 saturated heterocycles. The molecule has 11 heteroatoms. The van der Waals surface area contributed by atoms with Gasteiger partial charge in [-0.3, -0.25) is 14.9 Å². The Kier molecular flexibility index (Phi) is 7.22. The first kappa shape index (κ1) is 25.9. The summed E-state index contributed by atoms with van der Waals surface area (Å²) in [5.41, 5.74) is 1.44. The number of methoxy groups -OCH3 is 1. The Morgan fingerprint density at radius 2 is 2.16 bits per heavy atom. The number of nitro groups is 1. The number of nitrogens with zero attached hydrogens (tertiary/aromatic N) is 1. The fourth-order valence-electron chi connectivity index (χ4n) is 5.47. The first-order valence-electron chi connectivity index (χ1n) is 12.4. The summed E-state index contributed by atoms with van der Waals surface area (Å²) in [7, 11) is 1.28. The Hall–Kier alpha value is -3.70. The van der Waals surface area contributed by atoms with E-state index < -0.39 is 28.2 Å². The van der Waals surface area contributed by atoms with Gasteiger partial charge in [-0.25, -0.2) is 4.79 Å². The highest BCUT2D eigenvalue weighted by atomic mass is 32.1. The second-order valence-electron chi connectivity index (χ2n) is 9.61. The Bertz CT molecular complexity index is 1340. The van der Waals surface area contributed by atoms with Gasteiger partial charge in [-0.1, -0.05) is 6.07 Å². The molecule has 0 saturated carbocycles. The van der Waals surface area contributed by atoms with Crippen molar-refractivity contribution in [2.45, 2.75) is 50.5 Å². The van der Waals surface area contributed by atoms with E-state index in [2.05, 4.69) is 5.32 Å². The molecule has 3 heterocycles. The van der Waals surface area contributed by atoms with Crippen LogP contribution in [0, 0.1) is 10.1 Å². The van der Waals surface area contributed by atoms with Crippen LogP contribution in [0.4, 0.5) is 5.69 Å². The van der Waals surface area contributed by atoms with E-state index in [-0.39, 0.29) is 47.7 Å². The molecule has 0 amide bonds. The molecule has 2 N–H and O–H groups in total. The number of carbonyl (C=O) groups is 2. The summed E-state index contributed by atoms with van der Waals surface area (Å²) in [6.07, 6.45) is 2.27. The second-order valence-corrected chi connectivity index (χ2v) is 10.6. The maximum absolute atomic E-state index is 13.7. The molecule has 2 aliphatic heterocycles. The number of phenols is 1. The minimum Gasteiger partial charge on any atom is -0.500 e. The summed E-state index contributed by atoms with van der Waals surface area (Å²) >= 11 is 1.58. The molecule has 5 rings (SSSR count). The first-order chi connectivity index (χ1) is 18.3. The average molecular weight is 541 g/mol. The number of nitro benzene ring substituents is 1. The number of carbonyl (C=O) groups excluding carboxylic acids is 2. The monoisotopic (exact) mass is 540 g/mol. The largest absolute Gasteiger partial charge is 0.500 e. The van der Waals surface area contributed by atoms with Gasteiger partial charge in [0.05, 0.1) is 23.7 Å². The maximum atomic E-state index is 13.7. The molecule has 1 aromatic carbocycles. The quantitative estimate of drug-likeness (QED) is 0.296. The van der Waals surface area contributed by atoms with Crippen LogP contribution in [0.1, 0.15) is 54.9 Å². The number of dihydropyridines is 1. The van der Waals surface area contributed by atoms with Crippen LogP contribution < -0.4 is 10.1 Å². The highest BCUT2D eigenvalue weighted by Gasteiger charge is 2.43. The molecule has 3 atom stereocenters. The number of aromatic hydroxyl groups is 1. The third-order valence-corrected chi connectivity index (χ3v) is 8.28. The summed E-state index contributed by atoms with van der Waals surface area (Å²) in [6.45, 7) is 2.41. The molecular weight excluding hydrogens is 512 g/mol. The van der Waals surface area contributed by atoms with Gasteiger partial charge in [0, 0.05) is 52.8 Å². The number of hydrogen-bond donors (Lipinski definition) is 2. The molecule has 0 unspecified atom stereocenters. The third-order valence-electron chi connectivity index (χ3n) is 7.24. The van der Waals surface area contributed by atoms with E-state index in [0.29, 0.717) is 30.0 Å². The van der Waals surface area contributed by atoms with Crippen molar-refractivity contribution in [3.63, 3.8) is 0 Å². The molecule has 1 aromatic heterocycles. The fraction of sp³-hybridized carbons (Fsp3) is 0.407. The number of phenolic OH excluding ortho intramolecular Hbond substituents is 1. The topological polar surface area (TPSA) is 137 Å². The third kappa shape index (κ3) is 4.79. The molecule has 1 fully saturated rings. The molecule has 0 bridgehead atoms. The van der Waals surface area contributed by atoms with E-state index in [1.54, 1.807) is 18.3 Å². The van der Waals surface area contributed by atoms with E-state index in [0.717, 1.165) is 17.7 Å². The Morgan fingerprint density at radius 3 is 2.82 bits per heavy atom. The van der Waals surface area contributed by atoms with Crippen LogP contribution in [0.25, 0.3) is 0 Å². The van der Waals surface area contributed by atoms with Crippen molar-refractivity contribution < 1.29 is 33.8 Å². The highest BCUT2D eigenvalue weighted by molar-refractivity contribution is 7.10. The maximum Gasteiger partial charge on any atom is 0.336 e. The number of hydrogen-bond acceptors (Lipinski definition) is 10. The van der Waals surface area contributed by atoms with Crippen molar-refractivity contribution in [1.82, 2.24) is 5.32 Å². The van der Waals surface area contributed by atoms with Crippen molar-refractivity contribution in [1.29, 1.82) is 0 Å². The van der Waals surface area contributed by atoms with E-state index in [1.165, 1.54) is 19.2 Å². The highest BCUT2D eigenvalue weighted by Crippen LogP contribution is 2.49. The minimum absolute atomic E-state index is 0.0149. The lowest BCUT2D eigenvalue weighted by atomic mass is 9.72. The van der Waals surface area contributed by atoms with Crippen molar-refractivity contribution in [2.75, 3.05) is 20.3 Å². The molecule has 10 nitrogen and oxygen atoms in total. The van der Waals surface area contributed by atoms with Crippen LogP contribution in [0.15, 0.2) is 52.2 Å². The SMILES string of the molecule is COc1cc([C@H]2C(C(=O)OC[C@@H]3CCCO3)=C(C)NC3=C2C(=O)C[C@@H](c2cccs2)C3)cc([N+](=O)[O-])c1O. The van der Waals surface area contributed by atoms with Gasteiger partial charge in [0.2, 0.25) is 5.75 Å². The Balaban J connectivity index is 1.60. The van der Waals surface area contributed by atoms with Gasteiger partial charge in [-0.15, -0.1) is 11.3 Å². The lowest BCUT2D eigenvalue weighted by molar-refractivity contribution is -0.386. The number of esters is 1. The predicted molar refractivity (Wildman–Crippen MR) is 138 cm³/mol. The number of rotatable bonds is 7. The second kappa shape index (κ2) is 10.6. The van der Waals surface area contributed by atoms with Crippen LogP contribution in [-0.4, -0.2) is 48.2 Å². The van der Waals surface area contributed by atoms with E-state index in [9.17, 15) is 24.8 Å². The van der Waals surface area contributed by atoms with Crippen LogP contribution >= 0.6 is 11.3 Å². The zero-order valence-corrected chi connectivity index (χ0v) is 21.8. The normalized spacial score (nSPS) is 23.2. The zero-order valence-electron chi connectivity index (χ0n) is 21.0. The molecular formula is C27H28N2O8S. The van der Waals surface area contributed by atoms with Crippen LogP contribution in [0.5, 0.6) is 11.5 Å². The molecule has 38 heavy (non-hydrogen) atoms. The van der Waals surface area contributed by atoms with Crippen molar-refractivity contribution in [3.05, 3.63) is 72.7 Å². The summed E-state index contributed by atoms with van der Waals surface area (Å²) in [6, 6.07) is 6.57. The average Bonchev–Trinajstić information content (AvgIpc) is 3.61. The van der Waals surface area contributed by atoms with E-state index >= 15 is 0 Å². The zero-order chi connectivity index (χ0) is 27.0. The van der Waals surface area contributed by atoms with Crippen LogP contribution in [-0.2, 0) is 19.1 Å². The van der Waals surface area contributed by atoms with Gasteiger partial charge in [-0.05, 0) is 49.3 Å². The standard InChI is InChI=1S/C27H28N2O8S/c1-14-23(27(32)37-13-17-5-3-7-36-17)24(16-10-19(29(33)34)26(31)21(12-16)35-2)25-18(28-14)9-15(11-20(25)30)22-6-4-8-38-22/h4,6,8,10,12,15,17,24,28,31H,3,5,7,9,11,13H2,1-2H3/t15-,17-,24-/m0/s1. The molecule has 1 aliphatic carbocycles. The molecule has 0 spiro atoms. The van der Waals surface area contributed by atoms with Crippen LogP contribution in [0.2, 0.25) is 0 Å². The first-order valence-corrected chi connectivity index (χ1v) is 13.3. The molecule has 0 radical (unpaired) electrons. The molecule has 3 aliphatic rings. The number of ketones is 1. The lowest BCUT2D eigenvalue weighted by Gasteiger charge is -2.36. The summed E-state index contributed by atoms with van der Waals surface area (Å²) in [5, 5.41) is 27.4. The Labute approximate surface area is 223 Å². The number of nitrogens with one attached hydrogen (secondary N) is 1. The van der Waals surface area contributed by atoms with Gasteiger partial charge >= 0.3 is 11.7 Å². The molecule has 2 aromatic rings. The number of Topliss-reactive ketones (excluding diaryl/α,β-unsaturated/α-hetero) is 1. The van der Waals surface area contributed by atoms with Gasteiger partial charge in [-0.2, -0.15) is 0 Å². The lowest BCUT2D eigenvalue weighted by Crippen LogP contribution is -2.36. The van der Waals surface area contributed by atoms with Gasteiger partial charge in [0.15, 0.2) is 11.5 Å². The van der Waals surface area contributed by atoms with E-state index in [1.807, 2.05) is 17.5 Å². The van der Waals surface area contributed by atoms with Crippen LogP contribution in [0.3, 0.4) is 0 Å². The summed E-state index contributed by atoms with van der Waals surface area (Å²) in [5.74, 6) is -2.49. The van der Waals surface area contributed by atoms with E-state index in [4.69, 9.17) is 14.2 Å². The predicted octanol–water partition coefficient (Wildman–Crippen LogP) is 4.45. The smallest absolute Gasteiger partial charge is 0.336 e. The van der Waals surface area contributed by atoms with Gasteiger partial charge in [0.25, 0.3) is 0 Å². The number of benzene rings is 1. The minimum atomic E-state index is -0.937. The number of allylic oxidation sites excluding steroid dienone is 3. The molecule has 200 valence electrons. The number of ether oxygens (including phenoxy) is 3. The summed E-state index contributed by atoms with van der Waals surface area (Å²) < 4.78 is 16.4. The summed E-state index contributed by atoms with van der Waals surface area (Å²) in [4.78, 5) is 39.3. The van der Waals surface area contributed by atoms with Crippen molar-refractivity contribution >= 4 is 28.8 Å². The Morgan fingerprint density at radius 1 is 1.34 bits per heavy atom.